The molecule has 0 amide bonds. The van der Waals surface area contributed by atoms with Gasteiger partial charge in [0.1, 0.15) is 0 Å². The molecule has 0 bridgehead atoms. The van der Waals surface area contributed by atoms with Gasteiger partial charge in [-0.2, -0.15) is 0 Å². The predicted octanol–water partition coefficient (Wildman–Crippen LogP) is 2.83. The first kappa shape index (κ1) is 16.8. The second-order valence-electron chi connectivity index (χ2n) is 5.38. The van der Waals surface area contributed by atoms with Crippen LogP contribution < -0.4 is 14.8 Å². The lowest BCUT2D eigenvalue weighted by atomic mass is 9.97. The van der Waals surface area contributed by atoms with Gasteiger partial charge in [-0.15, -0.1) is 12.4 Å². The van der Waals surface area contributed by atoms with Gasteiger partial charge in [0.15, 0.2) is 0 Å². The Morgan fingerprint density at radius 3 is 2.55 bits per heavy atom. The Bertz CT molecular complexity index is 603. The maximum Gasteiger partial charge on any atom is 0.278 e. The summed E-state index contributed by atoms with van der Waals surface area (Å²) in [5, 5.41) is 3.42. The number of hydrogen-bond acceptors (Lipinski definition) is 5. The number of nitrogens with one attached hydrogen (secondary N) is 1. The van der Waals surface area contributed by atoms with Crippen molar-refractivity contribution in [2.75, 3.05) is 26.8 Å². The highest BCUT2D eigenvalue weighted by Crippen LogP contribution is 2.25. The number of nitrogens with zero attached hydrogens (tertiary/aromatic N) is 2. The van der Waals surface area contributed by atoms with E-state index < -0.39 is 0 Å². The fourth-order valence-corrected chi connectivity index (χ4v) is 2.69. The van der Waals surface area contributed by atoms with Crippen molar-refractivity contribution >= 4 is 23.4 Å². The Balaban J connectivity index is 0.00000176. The van der Waals surface area contributed by atoms with Crippen molar-refractivity contribution in [2.45, 2.75) is 19.3 Å². The Morgan fingerprint density at radius 2 is 1.91 bits per heavy atom. The van der Waals surface area contributed by atoms with E-state index in [1.54, 1.807) is 7.11 Å². The van der Waals surface area contributed by atoms with E-state index in [1.165, 1.54) is 12.8 Å². The molecular formula is C16H22ClN3O2. The van der Waals surface area contributed by atoms with Crippen LogP contribution in [0.5, 0.6) is 11.8 Å². The highest BCUT2D eigenvalue weighted by molar-refractivity contribution is 5.85. The molecule has 120 valence electrons. The monoisotopic (exact) mass is 323 g/mol. The number of methoxy groups -OCH3 is 1. The minimum absolute atomic E-state index is 0. The molecule has 0 aliphatic carbocycles. The molecule has 0 radical (unpaired) electrons. The molecular weight excluding hydrogens is 302 g/mol. The minimum atomic E-state index is 0. The Labute approximate surface area is 136 Å². The summed E-state index contributed by atoms with van der Waals surface area (Å²) >= 11 is 0. The van der Waals surface area contributed by atoms with Gasteiger partial charge in [-0.1, -0.05) is 12.1 Å². The Kier molecular flexibility index (Phi) is 6.21. The molecule has 0 spiro atoms. The van der Waals surface area contributed by atoms with Crippen LogP contribution in [-0.2, 0) is 0 Å². The second kappa shape index (κ2) is 8.15. The first-order valence-electron chi connectivity index (χ1n) is 7.51. The number of ether oxygens (including phenoxy) is 2. The topological polar surface area (TPSA) is 56.3 Å². The molecule has 1 unspecified atom stereocenters. The summed E-state index contributed by atoms with van der Waals surface area (Å²) in [4.78, 5) is 8.94. The summed E-state index contributed by atoms with van der Waals surface area (Å²) < 4.78 is 11.1. The second-order valence-corrected chi connectivity index (χ2v) is 5.38. The van der Waals surface area contributed by atoms with Crippen molar-refractivity contribution in [3.05, 3.63) is 24.3 Å². The van der Waals surface area contributed by atoms with Crippen molar-refractivity contribution in [3.63, 3.8) is 0 Å². The van der Waals surface area contributed by atoms with E-state index in [0.29, 0.717) is 24.3 Å². The van der Waals surface area contributed by atoms with E-state index in [-0.39, 0.29) is 12.4 Å². The van der Waals surface area contributed by atoms with E-state index in [9.17, 15) is 0 Å². The van der Waals surface area contributed by atoms with Gasteiger partial charge in [0.2, 0.25) is 0 Å². The molecule has 1 aliphatic rings. The van der Waals surface area contributed by atoms with Crippen molar-refractivity contribution < 1.29 is 9.47 Å². The van der Waals surface area contributed by atoms with Crippen molar-refractivity contribution in [2.24, 2.45) is 5.92 Å². The van der Waals surface area contributed by atoms with Crippen LogP contribution in [0.1, 0.15) is 19.3 Å². The lowest BCUT2D eigenvalue weighted by molar-refractivity contribution is 0.236. The normalized spacial score (nSPS) is 17.8. The van der Waals surface area contributed by atoms with Crippen molar-refractivity contribution in [1.29, 1.82) is 0 Å². The van der Waals surface area contributed by atoms with Gasteiger partial charge in [-0.25, -0.2) is 9.97 Å². The van der Waals surface area contributed by atoms with Crippen LogP contribution in [0.4, 0.5) is 0 Å². The summed E-state index contributed by atoms with van der Waals surface area (Å²) in [7, 11) is 1.59. The highest BCUT2D eigenvalue weighted by Gasteiger charge is 2.15. The number of halogens is 1. The van der Waals surface area contributed by atoms with Gasteiger partial charge in [0.05, 0.1) is 24.8 Å². The molecule has 1 saturated heterocycles. The SMILES string of the molecule is COc1nc2ccccc2nc1OCCC1CCCNC1.Cl. The van der Waals surface area contributed by atoms with E-state index in [0.717, 1.165) is 30.5 Å². The molecule has 6 heteroatoms. The lowest BCUT2D eigenvalue weighted by Crippen LogP contribution is -2.30. The average molecular weight is 324 g/mol. The number of aromatic nitrogens is 2. The number of piperidine rings is 1. The molecule has 2 heterocycles. The van der Waals surface area contributed by atoms with Crippen molar-refractivity contribution in [3.8, 4) is 11.8 Å². The zero-order chi connectivity index (χ0) is 14.5. The fourth-order valence-electron chi connectivity index (χ4n) is 2.69. The molecule has 1 N–H and O–H groups in total. The van der Waals surface area contributed by atoms with Gasteiger partial charge in [-0.3, -0.25) is 0 Å². The van der Waals surface area contributed by atoms with E-state index >= 15 is 0 Å². The first-order chi connectivity index (χ1) is 10.4. The fraction of sp³-hybridized carbons (Fsp3) is 0.500. The molecule has 5 nitrogen and oxygen atoms in total. The molecule has 1 fully saturated rings. The molecule has 1 aromatic carbocycles. The Hall–Kier alpha value is -1.59. The number of benzene rings is 1. The van der Waals surface area contributed by atoms with Gasteiger partial charge >= 0.3 is 0 Å². The maximum absolute atomic E-state index is 5.81. The van der Waals surface area contributed by atoms with Crippen LogP contribution in [0.25, 0.3) is 11.0 Å². The first-order valence-corrected chi connectivity index (χ1v) is 7.51. The van der Waals surface area contributed by atoms with Gasteiger partial charge < -0.3 is 14.8 Å². The zero-order valence-corrected chi connectivity index (χ0v) is 13.6. The summed E-state index contributed by atoms with van der Waals surface area (Å²) in [5.74, 6) is 1.63. The van der Waals surface area contributed by atoms with Crippen LogP contribution in [0.2, 0.25) is 0 Å². The number of para-hydroxylation sites is 2. The standard InChI is InChI=1S/C16H21N3O2.ClH/c1-20-15-16(19-14-7-3-2-6-13(14)18-15)21-10-8-12-5-4-9-17-11-12;/h2-3,6-7,12,17H,4-5,8-11H2,1H3;1H. The van der Waals surface area contributed by atoms with E-state index in [4.69, 9.17) is 9.47 Å². The van der Waals surface area contributed by atoms with E-state index in [1.807, 2.05) is 24.3 Å². The summed E-state index contributed by atoms with van der Waals surface area (Å²) in [6, 6.07) is 7.73. The third-order valence-corrected chi connectivity index (χ3v) is 3.87. The van der Waals surface area contributed by atoms with Crippen LogP contribution >= 0.6 is 12.4 Å². The predicted molar refractivity (Wildman–Crippen MR) is 89.0 cm³/mol. The maximum atomic E-state index is 5.81. The quantitative estimate of drug-likeness (QED) is 0.917. The highest BCUT2D eigenvalue weighted by atomic mass is 35.5. The summed E-state index contributed by atoms with van der Waals surface area (Å²) in [6.07, 6.45) is 3.56. The lowest BCUT2D eigenvalue weighted by Gasteiger charge is -2.22. The Morgan fingerprint density at radius 1 is 1.18 bits per heavy atom. The van der Waals surface area contributed by atoms with Crippen LogP contribution in [0.15, 0.2) is 24.3 Å². The molecule has 1 aliphatic heterocycles. The molecule has 1 atom stereocenters. The zero-order valence-electron chi connectivity index (χ0n) is 12.7. The van der Waals surface area contributed by atoms with Gasteiger partial charge in [0.25, 0.3) is 11.8 Å². The summed E-state index contributed by atoms with van der Waals surface area (Å²) in [5.41, 5.74) is 1.64. The minimum Gasteiger partial charge on any atom is -0.477 e. The van der Waals surface area contributed by atoms with Crippen LogP contribution in [-0.4, -0.2) is 36.8 Å². The number of fused-ring (bicyclic) bond motifs is 1. The smallest absolute Gasteiger partial charge is 0.278 e. The van der Waals surface area contributed by atoms with E-state index in [2.05, 4.69) is 15.3 Å². The molecule has 2 aromatic rings. The summed E-state index contributed by atoms with van der Waals surface area (Å²) in [6.45, 7) is 2.88. The molecule has 22 heavy (non-hydrogen) atoms. The molecule has 3 rings (SSSR count). The van der Waals surface area contributed by atoms with Crippen LogP contribution in [0.3, 0.4) is 0 Å². The largest absolute Gasteiger partial charge is 0.477 e. The number of hydrogen-bond donors (Lipinski definition) is 1. The number of rotatable bonds is 5. The van der Waals surface area contributed by atoms with Crippen molar-refractivity contribution in [1.82, 2.24) is 15.3 Å². The van der Waals surface area contributed by atoms with Crippen LogP contribution in [0, 0.1) is 5.92 Å². The molecule has 1 aromatic heterocycles. The third kappa shape index (κ3) is 3.99. The average Bonchev–Trinajstić information content (AvgIpc) is 2.55. The van der Waals surface area contributed by atoms with Gasteiger partial charge in [-0.05, 0) is 50.4 Å². The third-order valence-electron chi connectivity index (χ3n) is 3.87. The molecule has 0 saturated carbocycles. The van der Waals surface area contributed by atoms with Gasteiger partial charge in [0, 0.05) is 0 Å².